The molecule has 2 aromatic rings. The third-order valence-corrected chi connectivity index (χ3v) is 7.30. The Morgan fingerprint density at radius 3 is 2.73 bits per heavy atom. The molecule has 1 unspecified atom stereocenters. The molecule has 4 rings (SSSR count). The van der Waals surface area contributed by atoms with E-state index in [0.29, 0.717) is 17.2 Å². The number of carbonyl (C=O) groups is 5. The number of carbonyl (C=O) groups excluding carboxylic acids is 5. The number of halogens is 1. The van der Waals surface area contributed by atoms with Gasteiger partial charge < -0.3 is 25.4 Å². The van der Waals surface area contributed by atoms with Gasteiger partial charge in [0.15, 0.2) is 0 Å². The molecule has 1 aromatic carbocycles. The Hall–Kier alpha value is -3.88. The summed E-state index contributed by atoms with van der Waals surface area (Å²) in [4.78, 5) is 66.5. The molecule has 2 fully saturated rings. The van der Waals surface area contributed by atoms with Crippen LogP contribution in [-0.2, 0) is 23.9 Å². The van der Waals surface area contributed by atoms with Gasteiger partial charge in [-0.1, -0.05) is 6.07 Å². The predicted octanol–water partition coefficient (Wildman–Crippen LogP) is 1.49. The summed E-state index contributed by atoms with van der Waals surface area (Å²) in [7, 11) is 0. The van der Waals surface area contributed by atoms with Crippen molar-refractivity contribution < 1.29 is 37.8 Å². The number of nitrogens with one attached hydrogen (secondary N) is 1. The summed E-state index contributed by atoms with van der Waals surface area (Å²) in [5.74, 6) is -2.44. The van der Waals surface area contributed by atoms with E-state index in [-0.39, 0.29) is 69.2 Å². The minimum absolute atomic E-state index is 0.0517. The monoisotopic (exact) mass is 575 g/mol. The Morgan fingerprint density at radius 2 is 2.05 bits per heavy atom. The van der Waals surface area contributed by atoms with Crippen LogP contribution < -0.4 is 20.9 Å². The normalized spacial score (nSPS) is 17.9. The van der Waals surface area contributed by atoms with Crippen molar-refractivity contribution in [2.24, 2.45) is 5.73 Å². The van der Waals surface area contributed by atoms with E-state index in [1.165, 1.54) is 34.4 Å². The number of cyclic esters (lactones) is 1. The largest absolute Gasteiger partial charge is 0.442 e. The summed E-state index contributed by atoms with van der Waals surface area (Å²) in [6, 6.07) is 6.99. The first-order valence-corrected chi connectivity index (χ1v) is 13.6. The average molecular weight is 576 g/mol. The molecule has 3 N–H and O–H groups in total. The number of ether oxygens (including phenoxy) is 2. The van der Waals surface area contributed by atoms with Gasteiger partial charge in [-0.2, -0.15) is 0 Å². The van der Waals surface area contributed by atoms with Crippen molar-refractivity contribution in [3.05, 3.63) is 46.4 Å². The molecule has 14 heteroatoms. The van der Waals surface area contributed by atoms with Gasteiger partial charge in [-0.3, -0.25) is 29.0 Å². The Balaban J connectivity index is 1.45. The fourth-order valence-corrected chi connectivity index (χ4v) is 5.07. The highest BCUT2D eigenvalue weighted by Crippen LogP contribution is 2.29. The van der Waals surface area contributed by atoms with Crippen LogP contribution in [0.3, 0.4) is 0 Å². The third kappa shape index (κ3) is 6.81. The standard InChI is InChI=1S/C26H30FN5O7S/c1-16(29-22(33)12-28)4-7-23(34)32(25(36)21-3-2-10-40-21)14-18-13-31(26(37)39-18)20-6-5-17(11-19(20)27)30-8-9-38-15-24(30)35/h2-3,5-6,10-11,16,18H,4,7-9,12-15,28H2,1H3,(H,29,33)/t16?,18-/m1/s1. The average Bonchev–Trinajstić information content (AvgIpc) is 3.60. The van der Waals surface area contributed by atoms with Crippen LogP contribution in [0.2, 0.25) is 0 Å². The summed E-state index contributed by atoms with van der Waals surface area (Å²) in [5.41, 5.74) is 5.60. The molecule has 214 valence electrons. The van der Waals surface area contributed by atoms with E-state index in [9.17, 15) is 24.0 Å². The highest BCUT2D eigenvalue weighted by molar-refractivity contribution is 7.12. The Labute approximate surface area is 233 Å². The summed E-state index contributed by atoms with van der Waals surface area (Å²) < 4.78 is 25.6. The van der Waals surface area contributed by atoms with Crippen molar-refractivity contribution in [2.75, 3.05) is 49.2 Å². The van der Waals surface area contributed by atoms with Crippen LogP contribution in [0.25, 0.3) is 0 Å². The number of amides is 5. The maximum atomic E-state index is 15.1. The third-order valence-electron chi connectivity index (χ3n) is 6.44. The van der Waals surface area contributed by atoms with Gasteiger partial charge in [0.25, 0.3) is 11.8 Å². The first kappa shape index (κ1) is 29.1. The van der Waals surface area contributed by atoms with E-state index >= 15 is 4.39 Å². The molecule has 2 aliphatic heterocycles. The van der Waals surface area contributed by atoms with Gasteiger partial charge in [-0.15, -0.1) is 11.3 Å². The van der Waals surface area contributed by atoms with E-state index in [0.717, 1.165) is 9.80 Å². The molecule has 12 nitrogen and oxygen atoms in total. The predicted molar refractivity (Wildman–Crippen MR) is 143 cm³/mol. The van der Waals surface area contributed by atoms with Crippen LogP contribution in [0.15, 0.2) is 35.7 Å². The fourth-order valence-electron chi connectivity index (χ4n) is 4.40. The molecule has 0 spiro atoms. The Kier molecular flexibility index (Phi) is 9.45. The number of thiophene rings is 1. The number of benzene rings is 1. The highest BCUT2D eigenvalue weighted by atomic mass is 32.1. The van der Waals surface area contributed by atoms with Crippen molar-refractivity contribution in [3.63, 3.8) is 0 Å². The molecule has 1 aromatic heterocycles. The molecule has 0 aliphatic carbocycles. The maximum Gasteiger partial charge on any atom is 0.414 e. The zero-order valence-corrected chi connectivity index (χ0v) is 22.7. The summed E-state index contributed by atoms with van der Waals surface area (Å²) >= 11 is 1.17. The summed E-state index contributed by atoms with van der Waals surface area (Å²) in [6.45, 7) is 1.72. The number of hydrogen-bond acceptors (Lipinski definition) is 9. The SMILES string of the molecule is CC(CCC(=O)N(C[C@H]1CN(c2ccc(N3CCOCC3=O)cc2F)C(=O)O1)C(=O)c1cccs1)NC(=O)CN. The zero-order valence-electron chi connectivity index (χ0n) is 21.8. The van der Waals surface area contributed by atoms with Crippen molar-refractivity contribution in [1.29, 1.82) is 0 Å². The molecule has 5 amide bonds. The number of morpholine rings is 1. The molecular formula is C26H30FN5O7S. The van der Waals surface area contributed by atoms with Crippen molar-refractivity contribution in [3.8, 4) is 0 Å². The van der Waals surface area contributed by atoms with Gasteiger partial charge >= 0.3 is 6.09 Å². The summed E-state index contributed by atoms with van der Waals surface area (Å²) in [6.07, 6.45) is -1.52. The van der Waals surface area contributed by atoms with Gasteiger partial charge in [0.05, 0.1) is 36.8 Å². The first-order chi connectivity index (χ1) is 19.2. The highest BCUT2D eigenvalue weighted by Gasteiger charge is 2.38. The molecule has 3 heterocycles. The number of nitrogens with two attached hydrogens (primary N) is 1. The van der Waals surface area contributed by atoms with Gasteiger partial charge in [0, 0.05) is 24.7 Å². The second-order valence-corrected chi connectivity index (χ2v) is 10.3. The van der Waals surface area contributed by atoms with Gasteiger partial charge in [0.1, 0.15) is 18.5 Å². The minimum atomic E-state index is -0.908. The van der Waals surface area contributed by atoms with Crippen molar-refractivity contribution in [1.82, 2.24) is 10.2 Å². The van der Waals surface area contributed by atoms with Crippen LogP contribution in [0, 0.1) is 5.82 Å². The fraction of sp³-hybridized carbons (Fsp3) is 0.423. The van der Waals surface area contributed by atoms with Gasteiger partial charge in [-0.25, -0.2) is 9.18 Å². The van der Waals surface area contributed by atoms with Crippen LogP contribution in [0.1, 0.15) is 29.4 Å². The topological polar surface area (TPSA) is 152 Å². The van der Waals surface area contributed by atoms with E-state index in [1.807, 2.05) is 0 Å². The number of imide groups is 1. The molecule has 0 bridgehead atoms. The smallest absolute Gasteiger partial charge is 0.414 e. The van der Waals surface area contributed by atoms with Crippen molar-refractivity contribution in [2.45, 2.75) is 31.9 Å². The first-order valence-electron chi connectivity index (χ1n) is 12.7. The molecular weight excluding hydrogens is 545 g/mol. The second kappa shape index (κ2) is 13.0. The summed E-state index contributed by atoms with van der Waals surface area (Å²) in [5, 5.41) is 4.36. The molecule has 2 aliphatic rings. The lowest BCUT2D eigenvalue weighted by Crippen LogP contribution is -2.44. The molecule has 0 saturated carbocycles. The second-order valence-electron chi connectivity index (χ2n) is 9.35. The minimum Gasteiger partial charge on any atom is -0.442 e. The van der Waals surface area contributed by atoms with Crippen LogP contribution in [-0.4, -0.2) is 86.2 Å². The van der Waals surface area contributed by atoms with E-state index < -0.39 is 29.8 Å². The van der Waals surface area contributed by atoms with E-state index in [4.69, 9.17) is 15.2 Å². The van der Waals surface area contributed by atoms with E-state index in [2.05, 4.69) is 5.32 Å². The lowest BCUT2D eigenvalue weighted by molar-refractivity contribution is -0.130. The van der Waals surface area contributed by atoms with Gasteiger partial charge in [0.2, 0.25) is 11.8 Å². The zero-order chi connectivity index (χ0) is 28.8. The van der Waals surface area contributed by atoms with Gasteiger partial charge in [-0.05, 0) is 43.0 Å². The number of hydrogen-bond donors (Lipinski definition) is 2. The quantitative estimate of drug-likeness (QED) is 0.432. The van der Waals surface area contributed by atoms with Crippen LogP contribution >= 0.6 is 11.3 Å². The molecule has 40 heavy (non-hydrogen) atoms. The number of rotatable bonds is 10. The van der Waals surface area contributed by atoms with Crippen molar-refractivity contribution >= 4 is 52.4 Å². The Morgan fingerprint density at radius 1 is 1.25 bits per heavy atom. The molecule has 2 saturated heterocycles. The number of nitrogens with zero attached hydrogens (tertiary/aromatic N) is 3. The van der Waals surface area contributed by atoms with Crippen LogP contribution in [0.5, 0.6) is 0 Å². The number of anilines is 2. The molecule has 0 radical (unpaired) electrons. The Bertz CT molecular complexity index is 1270. The van der Waals surface area contributed by atoms with E-state index in [1.54, 1.807) is 24.4 Å². The lowest BCUT2D eigenvalue weighted by atomic mass is 10.1. The maximum absolute atomic E-state index is 15.1. The molecule has 2 atom stereocenters. The van der Waals surface area contributed by atoms with Crippen LogP contribution in [0.4, 0.5) is 20.6 Å². The lowest BCUT2D eigenvalue weighted by Gasteiger charge is -2.27.